The van der Waals surface area contributed by atoms with Crippen LogP contribution in [0.2, 0.25) is 0 Å². The molecule has 0 bridgehead atoms. The van der Waals surface area contributed by atoms with Gasteiger partial charge in [0.15, 0.2) is 0 Å². The van der Waals surface area contributed by atoms with Gasteiger partial charge in [0, 0.05) is 10.2 Å². The molecule has 0 aromatic carbocycles. The van der Waals surface area contributed by atoms with Gasteiger partial charge in [-0.15, -0.1) is 0 Å². The second-order valence-electron chi connectivity index (χ2n) is 3.84. The summed E-state index contributed by atoms with van der Waals surface area (Å²) in [6.45, 7) is 3.55. The Labute approximate surface area is 107 Å². The summed E-state index contributed by atoms with van der Waals surface area (Å²) >= 11 is 6.78. The number of primary amides is 1. The second-order valence-corrected chi connectivity index (χ2v) is 5.74. The number of hydrogen-bond acceptors (Lipinski definition) is 2. The third kappa shape index (κ3) is 4.97. The first-order valence-corrected chi connectivity index (χ1v) is 6.67. The zero-order chi connectivity index (χ0) is 12.1. The number of carbonyl (C=O) groups excluding carboxylic acids is 2. The SMILES string of the molecule is CC(C)(C(=O)NC(N)=O)C(Br)CCCBr. The van der Waals surface area contributed by atoms with Crippen molar-refractivity contribution < 1.29 is 9.59 Å². The normalized spacial score (nSPS) is 13.3. The van der Waals surface area contributed by atoms with Gasteiger partial charge in [0.25, 0.3) is 0 Å². The predicted octanol–water partition coefficient (Wildman–Crippen LogP) is 2.15. The fraction of sp³-hybridized carbons (Fsp3) is 0.778. The van der Waals surface area contributed by atoms with Crippen molar-refractivity contribution in [3.05, 3.63) is 0 Å². The van der Waals surface area contributed by atoms with Crippen LogP contribution in [-0.2, 0) is 4.79 Å². The summed E-state index contributed by atoms with van der Waals surface area (Å²) in [4.78, 5) is 22.2. The molecule has 0 heterocycles. The number of urea groups is 1. The summed E-state index contributed by atoms with van der Waals surface area (Å²) in [6, 6.07) is -0.812. The summed E-state index contributed by atoms with van der Waals surface area (Å²) in [5.74, 6) is -0.355. The number of hydrogen-bond donors (Lipinski definition) is 2. The Morgan fingerprint density at radius 3 is 2.40 bits per heavy atom. The third-order valence-electron chi connectivity index (χ3n) is 2.20. The van der Waals surface area contributed by atoms with Crippen LogP contribution in [0.1, 0.15) is 26.7 Å². The lowest BCUT2D eigenvalue weighted by Crippen LogP contribution is -2.46. The molecule has 15 heavy (non-hydrogen) atoms. The summed E-state index contributed by atoms with van der Waals surface area (Å²) in [6.07, 6.45) is 1.81. The van der Waals surface area contributed by atoms with E-state index in [2.05, 4.69) is 37.2 Å². The minimum atomic E-state index is -0.812. The highest BCUT2D eigenvalue weighted by atomic mass is 79.9. The average Bonchev–Trinajstić information content (AvgIpc) is 2.12. The molecule has 0 rings (SSSR count). The van der Waals surface area contributed by atoms with Gasteiger partial charge in [-0.3, -0.25) is 10.1 Å². The van der Waals surface area contributed by atoms with E-state index in [4.69, 9.17) is 5.73 Å². The van der Waals surface area contributed by atoms with Gasteiger partial charge >= 0.3 is 6.03 Å². The smallest absolute Gasteiger partial charge is 0.318 e. The number of nitrogens with two attached hydrogens (primary N) is 1. The van der Waals surface area contributed by atoms with Crippen LogP contribution < -0.4 is 11.1 Å². The van der Waals surface area contributed by atoms with Gasteiger partial charge in [-0.2, -0.15) is 0 Å². The summed E-state index contributed by atoms with van der Waals surface area (Å²) < 4.78 is 0. The highest BCUT2D eigenvalue weighted by Gasteiger charge is 2.35. The molecule has 0 saturated heterocycles. The fourth-order valence-electron chi connectivity index (χ4n) is 1.03. The van der Waals surface area contributed by atoms with Crippen molar-refractivity contribution in [2.45, 2.75) is 31.5 Å². The van der Waals surface area contributed by atoms with E-state index in [0.717, 1.165) is 18.2 Å². The molecule has 0 aliphatic rings. The number of alkyl halides is 2. The molecular formula is C9H16Br2N2O2. The van der Waals surface area contributed by atoms with Crippen LogP contribution in [0.15, 0.2) is 0 Å². The lowest BCUT2D eigenvalue weighted by atomic mass is 9.86. The van der Waals surface area contributed by atoms with Crippen molar-refractivity contribution in [3.63, 3.8) is 0 Å². The lowest BCUT2D eigenvalue weighted by molar-refractivity contribution is -0.128. The molecule has 3 N–H and O–H groups in total. The molecule has 0 aromatic rings. The molecule has 1 unspecified atom stereocenters. The van der Waals surface area contributed by atoms with Gasteiger partial charge in [-0.25, -0.2) is 4.79 Å². The summed E-state index contributed by atoms with van der Waals surface area (Å²) in [7, 11) is 0. The van der Waals surface area contributed by atoms with Crippen molar-refractivity contribution in [3.8, 4) is 0 Å². The molecule has 88 valence electrons. The van der Waals surface area contributed by atoms with Gasteiger partial charge in [-0.1, -0.05) is 31.9 Å². The molecule has 1 atom stereocenters. The lowest BCUT2D eigenvalue weighted by Gasteiger charge is -2.28. The minimum Gasteiger partial charge on any atom is -0.351 e. The van der Waals surface area contributed by atoms with Crippen LogP contribution in [0.25, 0.3) is 0 Å². The zero-order valence-corrected chi connectivity index (χ0v) is 12.0. The van der Waals surface area contributed by atoms with Crippen molar-refractivity contribution in [2.75, 3.05) is 5.33 Å². The van der Waals surface area contributed by atoms with Crippen molar-refractivity contribution >= 4 is 43.8 Å². The Morgan fingerprint density at radius 2 is 2.00 bits per heavy atom. The van der Waals surface area contributed by atoms with Gasteiger partial charge in [0.05, 0.1) is 5.41 Å². The molecule has 0 aliphatic heterocycles. The van der Waals surface area contributed by atoms with Gasteiger partial charge < -0.3 is 5.73 Å². The van der Waals surface area contributed by atoms with E-state index in [0.29, 0.717) is 0 Å². The highest BCUT2D eigenvalue weighted by Crippen LogP contribution is 2.30. The van der Waals surface area contributed by atoms with E-state index in [1.54, 1.807) is 13.8 Å². The van der Waals surface area contributed by atoms with Crippen molar-refractivity contribution in [1.29, 1.82) is 0 Å². The van der Waals surface area contributed by atoms with Gasteiger partial charge in [0.2, 0.25) is 5.91 Å². The quantitative estimate of drug-likeness (QED) is 0.751. The largest absolute Gasteiger partial charge is 0.351 e. The highest BCUT2D eigenvalue weighted by molar-refractivity contribution is 9.09. The first kappa shape index (κ1) is 14.9. The molecule has 0 spiro atoms. The maximum Gasteiger partial charge on any atom is 0.318 e. The first-order valence-electron chi connectivity index (χ1n) is 4.63. The maximum absolute atomic E-state index is 11.6. The van der Waals surface area contributed by atoms with Crippen LogP contribution in [0.4, 0.5) is 4.79 Å². The molecular weight excluding hydrogens is 328 g/mol. The Bertz CT molecular complexity index is 244. The topological polar surface area (TPSA) is 72.2 Å². The Balaban J connectivity index is 4.36. The Kier molecular flexibility index (Phi) is 6.43. The number of carbonyl (C=O) groups is 2. The number of halogens is 2. The van der Waals surface area contributed by atoms with E-state index >= 15 is 0 Å². The molecule has 3 amide bonds. The third-order valence-corrected chi connectivity index (χ3v) is 4.36. The molecule has 0 saturated carbocycles. The maximum atomic E-state index is 11.6. The standard InChI is InChI=1S/C9H16Br2N2O2/c1-9(2,6(11)4-3-5-10)7(14)13-8(12)15/h6H,3-5H2,1-2H3,(H3,12,13,14,15). The monoisotopic (exact) mass is 342 g/mol. The van der Waals surface area contributed by atoms with Crippen LogP contribution in [-0.4, -0.2) is 22.1 Å². The molecule has 0 aromatic heterocycles. The van der Waals surface area contributed by atoms with E-state index in [9.17, 15) is 9.59 Å². The molecule has 0 aliphatic carbocycles. The Morgan fingerprint density at radius 1 is 1.47 bits per heavy atom. The second kappa shape index (κ2) is 6.48. The van der Waals surface area contributed by atoms with Crippen molar-refractivity contribution in [2.24, 2.45) is 11.1 Å². The number of rotatable bonds is 5. The number of amides is 3. The minimum absolute atomic E-state index is 0.0156. The van der Waals surface area contributed by atoms with Crippen molar-refractivity contribution in [1.82, 2.24) is 5.32 Å². The Hall–Kier alpha value is -0.100. The molecule has 0 radical (unpaired) electrons. The average molecular weight is 344 g/mol. The fourth-order valence-corrected chi connectivity index (χ4v) is 1.89. The predicted molar refractivity (Wildman–Crippen MR) is 67.3 cm³/mol. The van der Waals surface area contributed by atoms with Crippen LogP contribution in [0, 0.1) is 5.41 Å². The summed E-state index contributed by atoms with van der Waals surface area (Å²) in [5.41, 5.74) is 4.24. The van der Waals surface area contributed by atoms with Gasteiger partial charge in [0.1, 0.15) is 0 Å². The molecule has 6 heteroatoms. The van der Waals surface area contributed by atoms with E-state index in [1.165, 1.54) is 0 Å². The van der Waals surface area contributed by atoms with Crippen LogP contribution in [0.3, 0.4) is 0 Å². The van der Waals surface area contributed by atoms with Crippen LogP contribution >= 0.6 is 31.9 Å². The summed E-state index contributed by atoms with van der Waals surface area (Å²) in [5, 5.41) is 2.99. The van der Waals surface area contributed by atoms with E-state index in [-0.39, 0.29) is 10.7 Å². The van der Waals surface area contributed by atoms with E-state index in [1.807, 2.05) is 0 Å². The number of imide groups is 1. The van der Waals surface area contributed by atoms with E-state index < -0.39 is 11.4 Å². The van der Waals surface area contributed by atoms with Gasteiger partial charge in [-0.05, 0) is 26.7 Å². The number of nitrogens with one attached hydrogen (secondary N) is 1. The first-order chi connectivity index (χ1) is 6.82. The molecule has 4 nitrogen and oxygen atoms in total. The van der Waals surface area contributed by atoms with Crippen LogP contribution in [0.5, 0.6) is 0 Å². The molecule has 0 fully saturated rings. The zero-order valence-electron chi connectivity index (χ0n) is 8.85.